The minimum Gasteiger partial charge on any atom is -0.381 e. The van der Waals surface area contributed by atoms with Gasteiger partial charge in [-0.3, -0.25) is 0 Å². The predicted octanol–water partition coefficient (Wildman–Crippen LogP) is 3.50. The quantitative estimate of drug-likeness (QED) is 0.731. The van der Waals surface area contributed by atoms with E-state index in [0.29, 0.717) is 0 Å². The van der Waals surface area contributed by atoms with Crippen molar-refractivity contribution in [2.24, 2.45) is 5.41 Å². The van der Waals surface area contributed by atoms with Gasteiger partial charge in [0.15, 0.2) is 0 Å². The Balaban J connectivity index is 3.09. The first-order valence-electron chi connectivity index (χ1n) is 5.24. The van der Waals surface area contributed by atoms with Crippen LogP contribution in [0.3, 0.4) is 0 Å². The lowest BCUT2D eigenvalue weighted by Gasteiger charge is -2.34. The van der Waals surface area contributed by atoms with Gasteiger partial charge in [-0.05, 0) is 23.5 Å². The van der Waals surface area contributed by atoms with Crippen molar-refractivity contribution in [2.45, 2.75) is 33.3 Å². The zero-order chi connectivity index (χ0) is 11.7. The Morgan fingerprint density at radius 2 is 1.53 bits per heavy atom. The molecular formula is C14H20O. The molecule has 0 amide bonds. The number of aliphatic hydroxyl groups is 1. The van der Waals surface area contributed by atoms with Crippen molar-refractivity contribution in [3.63, 3.8) is 0 Å². The van der Waals surface area contributed by atoms with Crippen molar-refractivity contribution >= 4 is 0 Å². The van der Waals surface area contributed by atoms with Crippen molar-refractivity contribution in [3.05, 3.63) is 48.0 Å². The summed E-state index contributed by atoms with van der Waals surface area (Å²) in [6.45, 7) is 12.0. The Kier molecular flexibility index (Phi) is 3.05. The van der Waals surface area contributed by atoms with Crippen LogP contribution < -0.4 is 0 Å². The molecular weight excluding hydrogens is 184 g/mol. The van der Waals surface area contributed by atoms with E-state index >= 15 is 0 Å². The zero-order valence-corrected chi connectivity index (χ0v) is 10.0. The highest BCUT2D eigenvalue weighted by Crippen LogP contribution is 2.38. The second kappa shape index (κ2) is 3.82. The lowest BCUT2D eigenvalue weighted by molar-refractivity contribution is 0.0772. The molecule has 1 nitrogen and oxygen atoms in total. The number of hydrogen-bond acceptors (Lipinski definition) is 1. The molecule has 0 aliphatic rings. The summed E-state index contributed by atoms with van der Waals surface area (Å²) >= 11 is 0. The van der Waals surface area contributed by atoms with Crippen molar-refractivity contribution in [3.8, 4) is 0 Å². The molecule has 0 spiro atoms. The molecule has 1 atom stereocenters. The zero-order valence-electron chi connectivity index (χ0n) is 10.0. The molecule has 0 heterocycles. The third-order valence-electron chi connectivity index (χ3n) is 2.83. The van der Waals surface area contributed by atoms with E-state index in [-0.39, 0.29) is 5.41 Å². The van der Waals surface area contributed by atoms with Crippen molar-refractivity contribution < 1.29 is 5.11 Å². The van der Waals surface area contributed by atoms with E-state index in [0.717, 1.165) is 11.1 Å². The summed E-state index contributed by atoms with van der Waals surface area (Å²) in [5.74, 6) is 0. The highest BCUT2D eigenvalue weighted by atomic mass is 16.3. The minimum atomic E-state index is -0.959. The molecule has 0 radical (unpaired) electrons. The van der Waals surface area contributed by atoms with Gasteiger partial charge >= 0.3 is 0 Å². The van der Waals surface area contributed by atoms with Gasteiger partial charge in [0.05, 0.1) is 0 Å². The fraction of sp³-hybridized carbons (Fsp3) is 0.429. The molecule has 1 rings (SSSR count). The van der Waals surface area contributed by atoms with Crippen molar-refractivity contribution in [2.75, 3.05) is 0 Å². The Morgan fingerprint density at radius 1 is 1.07 bits per heavy atom. The molecule has 1 aromatic carbocycles. The monoisotopic (exact) mass is 204 g/mol. The van der Waals surface area contributed by atoms with Crippen LogP contribution in [0.2, 0.25) is 0 Å². The topological polar surface area (TPSA) is 20.2 Å². The molecule has 0 bridgehead atoms. The van der Waals surface area contributed by atoms with Crippen molar-refractivity contribution in [1.29, 1.82) is 0 Å². The molecule has 0 saturated heterocycles. The van der Waals surface area contributed by atoms with Crippen molar-refractivity contribution in [1.82, 2.24) is 0 Å². The van der Waals surface area contributed by atoms with E-state index in [1.54, 1.807) is 6.92 Å². The maximum atomic E-state index is 10.5. The van der Waals surface area contributed by atoms with Crippen LogP contribution in [0.25, 0.3) is 0 Å². The summed E-state index contributed by atoms with van der Waals surface area (Å²) in [5, 5.41) is 10.5. The van der Waals surface area contributed by atoms with Crippen LogP contribution in [0.1, 0.15) is 33.3 Å². The van der Waals surface area contributed by atoms with Crippen LogP contribution in [0.15, 0.2) is 42.5 Å². The van der Waals surface area contributed by atoms with E-state index in [9.17, 15) is 5.11 Å². The van der Waals surface area contributed by atoms with Gasteiger partial charge in [0.25, 0.3) is 0 Å². The first kappa shape index (κ1) is 12.0. The van der Waals surface area contributed by atoms with Crippen LogP contribution >= 0.6 is 0 Å². The van der Waals surface area contributed by atoms with Gasteiger partial charge in [-0.25, -0.2) is 0 Å². The van der Waals surface area contributed by atoms with Gasteiger partial charge in [0.2, 0.25) is 0 Å². The van der Waals surface area contributed by atoms with Gasteiger partial charge in [-0.2, -0.15) is 0 Å². The number of rotatable bonds is 2. The third-order valence-corrected chi connectivity index (χ3v) is 2.83. The molecule has 0 aliphatic heterocycles. The van der Waals surface area contributed by atoms with Crippen LogP contribution in [-0.2, 0) is 5.60 Å². The Morgan fingerprint density at radius 3 is 1.93 bits per heavy atom. The fourth-order valence-electron chi connectivity index (χ4n) is 1.67. The highest BCUT2D eigenvalue weighted by Gasteiger charge is 2.33. The highest BCUT2D eigenvalue weighted by molar-refractivity contribution is 5.32. The second-order valence-electron chi connectivity index (χ2n) is 5.17. The third kappa shape index (κ3) is 2.48. The maximum absolute atomic E-state index is 10.5. The average molecular weight is 204 g/mol. The van der Waals surface area contributed by atoms with Crippen LogP contribution in [0.4, 0.5) is 0 Å². The largest absolute Gasteiger partial charge is 0.381 e. The van der Waals surface area contributed by atoms with Gasteiger partial charge in [0, 0.05) is 0 Å². The van der Waals surface area contributed by atoms with E-state index in [1.807, 2.05) is 30.3 Å². The predicted molar refractivity (Wildman–Crippen MR) is 64.6 cm³/mol. The van der Waals surface area contributed by atoms with Gasteiger partial charge in [-0.1, -0.05) is 57.7 Å². The molecule has 0 fully saturated rings. The second-order valence-corrected chi connectivity index (χ2v) is 5.17. The summed E-state index contributed by atoms with van der Waals surface area (Å²) in [5.41, 5.74) is 0.671. The molecule has 1 N–H and O–H groups in total. The molecule has 0 aromatic heterocycles. The smallest absolute Gasteiger partial charge is 0.108 e. The number of benzene rings is 1. The normalized spacial score (nSPS) is 15.8. The average Bonchev–Trinajstić information content (AvgIpc) is 2.16. The first-order chi connectivity index (χ1) is 6.76. The van der Waals surface area contributed by atoms with E-state index in [2.05, 4.69) is 27.4 Å². The van der Waals surface area contributed by atoms with E-state index in [4.69, 9.17) is 0 Å². The SMILES string of the molecule is C=C(C(C)(C)C)[C@@](C)(O)c1ccccc1. The molecule has 0 aliphatic carbocycles. The summed E-state index contributed by atoms with van der Waals surface area (Å²) in [7, 11) is 0. The van der Waals surface area contributed by atoms with Crippen LogP contribution in [0, 0.1) is 5.41 Å². The molecule has 1 heteroatoms. The molecule has 1 aromatic rings. The Labute approximate surface area is 92.5 Å². The Hall–Kier alpha value is -1.08. The molecule has 0 saturated carbocycles. The maximum Gasteiger partial charge on any atom is 0.108 e. The van der Waals surface area contributed by atoms with Crippen LogP contribution in [0.5, 0.6) is 0 Å². The van der Waals surface area contributed by atoms with Gasteiger partial charge < -0.3 is 5.11 Å². The first-order valence-corrected chi connectivity index (χ1v) is 5.24. The molecule has 15 heavy (non-hydrogen) atoms. The summed E-state index contributed by atoms with van der Waals surface area (Å²) < 4.78 is 0. The lowest BCUT2D eigenvalue weighted by atomic mass is 9.75. The van der Waals surface area contributed by atoms with E-state index < -0.39 is 5.60 Å². The minimum absolute atomic E-state index is 0.0979. The standard InChI is InChI=1S/C14H20O/c1-11(13(2,3)4)14(5,15)12-9-7-6-8-10-12/h6-10,15H,1H2,2-5H3/t14-/m1/s1. The summed E-state index contributed by atoms with van der Waals surface area (Å²) in [4.78, 5) is 0. The van der Waals surface area contributed by atoms with Gasteiger partial charge in [0.1, 0.15) is 5.60 Å². The Bertz CT molecular complexity index is 341. The van der Waals surface area contributed by atoms with Gasteiger partial charge in [-0.15, -0.1) is 0 Å². The van der Waals surface area contributed by atoms with E-state index in [1.165, 1.54) is 0 Å². The lowest BCUT2D eigenvalue weighted by Crippen LogP contribution is -2.30. The molecule has 82 valence electrons. The van der Waals surface area contributed by atoms with Crippen LogP contribution in [-0.4, -0.2) is 5.11 Å². The number of hydrogen-bond donors (Lipinski definition) is 1. The summed E-state index contributed by atoms with van der Waals surface area (Å²) in [6, 6.07) is 9.66. The fourth-order valence-corrected chi connectivity index (χ4v) is 1.67. The summed E-state index contributed by atoms with van der Waals surface area (Å²) in [6.07, 6.45) is 0. The molecule has 0 unspecified atom stereocenters.